The van der Waals surface area contributed by atoms with Gasteiger partial charge in [0.05, 0.1) is 18.8 Å². The smallest absolute Gasteiger partial charge is 0.414 e. The number of halogens is 1. The van der Waals surface area contributed by atoms with Crippen LogP contribution in [0.5, 0.6) is 0 Å². The lowest BCUT2D eigenvalue weighted by atomic mass is 10.1. The van der Waals surface area contributed by atoms with Gasteiger partial charge in [-0.25, -0.2) is 25.9 Å². The number of pyridine rings is 1. The minimum Gasteiger partial charge on any atom is -0.441 e. The van der Waals surface area contributed by atoms with E-state index in [1.165, 1.54) is 22.2 Å². The standard InChI is InChI=1S/C17H20FN7O3/c1-24(20)16(23-19)22-15-5-2-10(7-21-15)13-4-3-11(6-14(13)18)25-8-12(9-26)28-17(25)27/h2-7,12,26H,8-9,19-20H2,1H3,(H,21,22,23)/t12-/m1/s1. The second-order valence-corrected chi connectivity index (χ2v) is 6.06. The van der Waals surface area contributed by atoms with E-state index in [1.807, 2.05) is 0 Å². The number of aliphatic imine (C=N–C) groups is 1. The number of nitrogens with one attached hydrogen (secondary N) is 1. The van der Waals surface area contributed by atoms with Gasteiger partial charge >= 0.3 is 6.09 Å². The number of benzene rings is 1. The molecule has 0 aliphatic carbocycles. The molecule has 0 radical (unpaired) electrons. The van der Waals surface area contributed by atoms with E-state index in [9.17, 15) is 9.18 Å². The molecule has 148 valence electrons. The number of aliphatic hydroxyl groups excluding tert-OH is 1. The van der Waals surface area contributed by atoms with Gasteiger partial charge in [0.2, 0.25) is 5.96 Å². The predicted octanol–water partition coefficient (Wildman–Crippen LogP) is 0.462. The van der Waals surface area contributed by atoms with Crippen molar-refractivity contribution in [3.63, 3.8) is 0 Å². The van der Waals surface area contributed by atoms with Gasteiger partial charge in [0.1, 0.15) is 11.9 Å². The third-order valence-corrected chi connectivity index (χ3v) is 4.08. The number of anilines is 1. The molecule has 1 fully saturated rings. The van der Waals surface area contributed by atoms with Crippen LogP contribution in [0.25, 0.3) is 11.1 Å². The fourth-order valence-electron chi connectivity index (χ4n) is 2.67. The topological polar surface area (TPSA) is 142 Å². The van der Waals surface area contributed by atoms with Crippen molar-refractivity contribution in [1.82, 2.24) is 15.4 Å². The highest BCUT2D eigenvalue weighted by molar-refractivity contribution is 5.90. The Kier molecular flexibility index (Phi) is 5.68. The van der Waals surface area contributed by atoms with Crippen LogP contribution in [-0.2, 0) is 4.74 Å². The van der Waals surface area contributed by atoms with Crippen molar-refractivity contribution < 1.29 is 19.0 Å². The number of aliphatic hydroxyl groups is 1. The molecule has 11 heteroatoms. The first-order valence-corrected chi connectivity index (χ1v) is 8.31. The number of guanidine groups is 1. The molecule has 0 unspecified atom stereocenters. The minimum atomic E-state index is -0.621. The second kappa shape index (κ2) is 8.17. The summed E-state index contributed by atoms with van der Waals surface area (Å²) in [4.78, 5) is 21.4. The number of cyclic esters (lactones) is 1. The van der Waals surface area contributed by atoms with Crippen molar-refractivity contribution in [2.24, 2.45) is 16.7 Å². The number of hydrazine groups is 2. The van der Waals surface area contributed by atoms with Crippen molar-refractivity contribution in [1.29, 1.82) is 0 Å². The molecule has 1 saturated heterocycles. The van der Waals surface area contributed by atoms with Gasteiger partial charge in [-0.05, 0) is 30.3 Å². The number of carbonyl (C=O) groups is 1. The summed E-state index contributed by atoms with van der Waals surface area (Å²) >= 11 is 0. The Bertz CT molecular complexity index is 889. The van der Waals surface area contributed by atoms with Gasteiger partial charge in [-0.3, -0.25) is 15.3 Å². The van der Waals surface area contributed by atoms with Crippen LogP contribution >= 0.6 is 0 Å². The number of carbonyl (C=O) groups excluding carboxylic acids is 1. The monoisotopic (exact) mass is 389 g/mol. The summed E-state index contributed by atoms with van der Waals surface area (Å²) in [5, 5.41) is 10.3. The molecule has 1 amide bonds. The van der Waals surface area contributed by atoms with Gasteiger partial charge in [-0.2, -0.15) is 4.99 Å². The Morgan fingerprint density at radius 1 is 1.50 bits per heavy atom. The van der Waals surface area contributed by atoms with Gasteiger partial charge in [0.25, 0.3) is 0 Å². The number of hydrogen-bond acceptors (Lipinski definition) is 7. The lowest BCUT2D eigenvalue weighted by molar-refractivity contribution is 0.0963. The summed E-state index contributed by atoms with van der Waals surface area (Å²) in [5.41, 5.74) is 3.53. The zero-order valence-electron chi connectivity index (χ0n) is 15.0. The van der Waals surface area contributed by atoms with Crippen LogP contribution in [0, 0.1) is 5.82 Å². The van der Waals surface area contributed by atoms with E-state index in [2.05, 4.69) is 15.4 Å². The van der Waals surface area contributed by atoms with Gasteiger partial charge in [-0.15, -0.1) is 0 Å². The first-order chi connectivity index (χ1) is 13.4. The molecule has 1 aliphatic rings. The van der Waals surface area contributed by atoms with Crippen LogP contribution in [0.4, 0.5) is 20.7 Å². The maximum atomic E-state index is 14.6. The summed E-state index contributed by atoms with van der Waals surface area (Å²) in [6.07, 6.45) is 0.227. The maximum absolute atomic E-state index is 14.6. The van der Waals surface area contributed by atoms with Crippen molar-refractivity contribution in [2.45, 2.75) is 6.10 Å². The van der Waals surface area contributed by atoms with Gasteiger partial charge in [0, 0.05) is 24.4 Å². The number of hydrogen-bond donors (Lipinski definition) is 4. The number of aromatic nitrogens is 1. The van der Waals surface area contributed by atoms with Crippen LogP contribution in [-0.4, -0.2) is 53.5 Å². The third-order valence-electron chi connectivity index (χ3n) is 4.08. The van der Waals surface area contributed by atoms with Gasteiger partial charge < -0.3 is 9.84 Å². The molecule has 10 nitrogen and oxygen atoms in total. The van der Waals surface area contributed by atoms with Crippen LogP contribution in [0.3, 0.4) is 0 Å². The van der Waals surface area contributed by atoms with Crippen molar-refractivity contribution in [3.05, 3.63) is 42.3 Å². The SMILES string of the molecule is CN(N)C(=Nc1ccc(-c2ccc(N3C[C@H](CO)OC3=O)cc2F)cn1)NN. The highest BCUT2D eigenvalue weighted by Crippen LogP contribution is 2.29. The molecular formula is C17H20FN7O3. The van der Waals surface area contributed by atoms with E-state index in [1.54, 1.807) is 31.3 Å². The maximum Gasteiger partial charge on any atom is 0.414 e. The summed E-state index contributed by atoms with van der Waals surface area (Å²) in [5.74, 6) is 10.9. The normalized spacial score (nSPS) is 16.9. The zero-order chi connectivity index (χ0) is 20.3. The van der Waals surface area contributed by atoms with Crippen molar-refractivity contribution in [2.75, 3.05) is 25.1 Å². The second-order valence-electron chi connectivity index (χ2n) is 6.06. The Morgan fingerprint density at radius 2 is 2.29 bits per heavy atom. The summed E-state index contributed by atoms with van der Waals surface area (Å²) in [6.45, 7) is -0.125. The number of ether oxygens (including phenoxy) is 1. The van der Waals surface area contributed by atoms with E-state index >= 15 is 0 Å². The first kappa shape index (κ1) is 19.5. The quantitative estimate of drug-likeness (QED) is 0.256. The molecule has 1 atom stereocenters. The molecule has 3 rings (SSSR count). The van der Waals surface area contributed by atoms with E-state index in [0.29, 0.717) is 22.6 Å². The van der Waals surface area contributed by atoms with Gasteiger partial charge in [0.15, 0.2) is 5.82 Å². The molecule has 0 saturated carbocycles. The first-order valence-electron chi connectivity index (χ1n) is 8.31. The Morgan fingerprint density at radius 3 is 2.82 bits per heavy atom. The molecule has 1 aromatic heterocycles. The predicted molar refractivity (Wildman–Crippen MR) is 101 cm³/mol. The molecule has 1 aromatic carbocycles. The van der Waals surface area contributed by atoms with E-state index in [-0.39, 0.29) is 19.1 Å². The minimum absolute atomic E-state index is 0.162. The average Bonchev–Trinajstić information content (AvgIpc) is 3.07. The summed E-state index contributed by atoms with van der Waals surface area (Å²) in [6, 6.07) is 7.63. The highest BCUT2D eigenvalue weighted by atomic mass is 19.1. The van der Waals surface area contributed by atoms with Crippen LogP contribution in [0.1, 0.15) is 0 Å². The number of amides is 1. The van der Waals surface area contributed by atoms with Crippen LogP contribution in [0.2, 0.25) is 0 Å². The molecule has 0 bridgehead atoms. The molecule has 2 aromatic rings. The largest absolute Gasteiger partial charge is 0.441 e. The van der Waals surface area contributed by atoms with E-state index in [4.69, 9.17) is 21.5 Å². The zero-order valence-corrected chi connectivity index (χ0v) is 15.0. The van der Waals surface area contributed by atoms with Gasteiger partial charge in [-0.1, -0.05) is 0 Å². The molecule has 1 aliphatic heterocycles. The molecular weight excluding hydrogens is 369 g/mol. The summed E-state index contributed by atoms with van der Waals surface area (Å²) in [7, 11) is 1.56. The highest BCUT2D eigenvalue weighted by Gasteiger charge is 2.32. The molecule has 0 spiro atoms. The fraction of sp³-hybridized carbons (Fsp3) is 0.235. The Hall–Kier alpha value is -3.28. The molecule has 6 N–H and O–H groups in total. The van der Waals surface area contributed by atoms with Crippen molar-refractivity contribution in [3.8, 4) is 11.1 Å². The number of nitrogens with zero attached hydrogens (tertiary/aromatic N) is 4. The Labute approximate surface area is 160 Å². The van der Waals surface area contributed by atoms with Crippen LogP contribution < -0.4 is 22.0 Å². The third kappa shape index (κ3) is 4.01. The number of rotatable bonds is 4. The Balaban J connectivity index is 1.82. The van der Waals surface area contributed by atoms with E-state index < -0.39 is 18.0 Å². The average molecular weight is 389 g/mol. The summed E-state index contributed by atoms with van der Waals surface area (Å²) < 4.78 is 19.6. The fourth-order valence-corrected chi connectivity index (χ4v) is 2.67. The van der Waals surface area contributed by atoms with Crippen molar-refractivity contribution >= 4 is 23.6 Å². The lowest BCUT2D eigenvalue weighted by Gasteiger charge is -2.14. The number of nitrogens with two attached hydrogens (primary N) is 2. The molecule has 2 heterocycles. The lowest BCUT2D eigenvalue weighted by Crippen LogP contribution is -2.46. The van der Waals surface area contributed by atoms with E-state index in [0.717, 1.165) is 0 Å². The van der Waals surface area contributed by atoms with Crippen LogP contribution in [0.15, 0.2) is 41.5 Å². The molecule has 28 heavy (non-hydrogen) atoms.